The number of amides is 2. The number of anilines is 1. The lowest BCUT2D eigenvalue weighted by Crippen LogP contribution is -2.24. The molecule has 1 unspecified atom stereocenters. The van der Waals surface area contributed by atoms with Crippen LogP contribution in [0.4, 0.5) is 5.82 Å². The van der Waals surface area contributed by atoms with Gasteiger partial charge in [0, 0.05) is 17.9 Å². The number of aryl methyl sites for hydroxylation is 2. The number of methoxy groups -OCH3 is 1. The van der Waals surface area contributed by atoms with Crippen molar-refractivity contribution in [3.8, 4) is 17.2 Å². The van der Waals surface area contributed by atoms with Gasteiger partial charge in [-0.1, -0.05) is 12.1 Å². The number of nitrogens with one attached hydrogen (secondary N) is 1. The quantitative estimate of drug-likeness (QED) is 0.637. The zero-order valence-corrected chi connectivity index (χ0v) is 17.6. The molecule has 0 bridgehead atoms. The Morgan fingerprint density at radius 3 is 2.71 bits per heavy atom. The standard InChI is InChI=1S/C23H24N4O4/c1-13-4-6-16(8-14(13)2)27-23-18(11-25-27)17(10-22(29)26-23)15-5-7-19(20(9-15)30-3)31-12-21(24)28/h4-9,11,17H,10,12H2,1-3H3,(H2,24,28)(H,26,29). The number of benzene rings is 2. The predicted molar refractivity (Wildman–Crippen MR) is 116 cm³/mol. The van der Waals surface area contributed by atoms with Gasteiger partial charge in [0.1, 0.15) is 5.82 Å². The molecule has 160 valence electrons. The van der Waals surface area contributed by atoms with E-state index in [9.17, 15) is 9.59 Å². The number of primary amides is 1. The number of aromatic nitrogens is 2. The third-order valence-corrected chi connectivity index (χ3v) is 5.52. The highest BCUT2D eigenvalue weighted by Gasteiger charge is 2.31. The number of nitrogens with two attached hydrogens (primary N) is 1. The third-order valence-electron chi connectivity index (χ3n) is 5.52. The minimum atomic E-state index is -0.571. The van der Waals surface area contributed by atoms with Crippen LogP contribution in [-0.2, 0) is 9.59 Å². The number of hydrogen-bond donors (Lipinski definition) is 2. The minimum absolute atomic E-state index is 0.0869. The molecule has 2 heterocycles. The summed E-state index contributed by atoms with van der Waals surface area (Å²) in [7, 11) is 1.52. The highest BCUT2D eigenvalue weighted by Crippen LogP contribution is 2.40. The fraction of sp³-hybridized carbons (Fsp3) is 0.261. The minimum Gasteiger partial charge on any atom is -0.493 e. The van der Waals surface area contributed by atoms with Gasteiger partial charge in [0.25, 0.3) is 5.91 Å². The molecule has 3 N–H and O–H groups in total. The Morgan fingerprint density at radius 2 is 2.00 bits per heavy atom. The van der Waals surface area contributed by atoms with Crippen LogP contribution in [0.15, 0.2) is 42.6 Å². The topological polar surface area (TPSA) is 108 Å². The van der Waals surface area contributed by atoms with E-state index < -0.39 is 5.91 Å². The first kappa shape index (κ1) is 20.5. The molecule has 1 aromatic heterocycles. The molecule has 1 aliphatic rings. The van der Waals surface area contributed by atoms with Crippen LogP contribution >= 0.6 is 0 Å². The molecule has 4 rings (SSSR count). The summed E-state index contributed by atoms with van der Waals surface area (Å²) in [6.45, 7) is 3.86. The maximum Gasteiger partial charge on any atom is 0.255 e. The van der Waals surface area contributed by atoms with Crippen molar-refractivity contribution >= 4 is 17.6 Å². The molecule has 8 nitrogen and oxygen atoms in total. The maximum atomic E-state index is 12.6. The Labute approximate surface area is 180 Å². The molecule has 0 radical (unpaired) electrons. The van der Waals surface area contributed by atoms with E-state index in [1.54, 1.807) is 16.9 Å². The van der Waals surface area contributed by atoms with Crippen molar-refractivity contribution < 1.29 is 19.1 Å². The number of carbonyl (C=O) groups is 2. The van der Waals surface area contributed by atoms with Crippen molar-refractivity contribution in [2.45, 2.75) is 26.2 Å². The average molecular weight is 420 g/mol. The van der Waals surface area contributed by atoms with E-state index in [0.717, 1.165) is 22.4 Å². The van der Waals surface area contributed by atoms with Crippen LogP contribution < -0.4 is 20.5 Å². The smallest absolute Gasteiger partial charge is 0.255 e. The highest BCUT2D eigenvalue weighted by molar-refractivity contribution is 5.94. The van der Waals surface area contributed by atoms with Gasteiger partial charge in [-0.2, -0.15) is 5.10 Å². The Hall–Kier alpha value is -3.81. The van der Waals surface area contributed by atoms with Gasteiger partial charge in [-0.15, -0.1) is 0 Å². The van der Waals surface area contributed by atoms with E-state index >= 15 is 0 Å². The molecule has 1 aliphatic heterocycles. The number of rotatable bonds is 6. The van der Waals surface area contributed by atoms with Gasteiger partial charge >= 0.3 is 0 Å². The van der Waals surface area contributed by atoms with Crippen LogP contribution in [0.2, 0.25) is 0 Å². The number of hydrogen-bond acceptors (Lipinski definition) is 5. The lowest BCUT2D eigenvalue weighted by Gasteiger charge is -2.24. The Kier molecular flexibility index (Phi) is 5.37. The molecule has 0 aliphatic carbocycles. The van der Waals surface area contributed by atoms with Crippen LogP contribution in [0, 0.1) is 13.8 Å². The molecule has 0 saturated carbocycles. The van der Waals surface area contributed by atoms with Crippen molar-refractivity contribution in [2.24, 2.45) is 5.73 Å². The predicted octanol–water partition coefficient (Wildman–Crippen LogP) is 2.84. The molecule has 0 fully saturated rings. The van der Waals surface area contributed by atoms with Gasteiger partial charge < -0.3 is 20.5 Å². The fourth-order valence-corrected chi connectivity index (χ4v) is 3.74. The van der Waals surface area contributed by atoms with Gasteiger partial charge in [0.05, 0.1) is 19.0 Å². The lowest BCUT2D eigenvalue weighted by molar-refractivity contribution is -0.120. The molecule has 1 atom stereocenters. The van der Waals surface area contributed by atoms with Crippen molar-refractivity contribution in [3.05, 3.63) is 64.8 Å². The Balaban J connectivity index is 1.72. The number of fused-ring (bicyclic) bond motifs is 1. The van der Waals surface area contributed by atoms with E-state index in [0.29, 0.717) is 17.3 Å². The second-order valence-corrected chi connectivity index (χ2v) is 7.60. The van der Waals surface area contributed by atoms with Crippen LogP contribution in [0.1, 0.15) is 34.6 Å². The fourth-order valence-electron chi connectivity index (χ4n) is 3.74. The summed E-state index contributed by atoms with van der Waals surface area (Å²) in [5, 5.41) is 7.52. The Bertz CT molecular complexity index is 1170. The normalized spacial score (nSPS) is 15.2. The zero-order chi connectivity index (χ0) is 22.1. The number of nitrogens with zero attached hydrogens (tertiary/aromatic N) is 2. The summed E-state index contributed by atoms with van der Waals surface area (Å²) in [5.74, 6) is 0.694. The second kappa shape index (κ2) is 8.14. The Morgan fingerprint density at radius 1 is 1.19 bits per heavy atom. The number of ether oxygens (including phenoxy) is 2. The largest absolute Gasteiger partial charge is 0.493 e. The highest BCUT2D eigenvalue weighted by atomic mass is 16.5. The molecule has 2 amide bonds. The van der Waals surface area contributed by atoms with Gasteiger partial charge in [-0.25, -0.2) is 4.68 Å². The summed E-state index contributed by atoms with van der Waals surface area (Å²) in [6, 6.07) is 11.5. The second-order valence-electron chi connectivity index (χ2n) is 7.60. The third kappa shape index (κ3) is 3.96. The average Bonchev–Trinajstić information content (AvgIpc) is 3.17. The maximum absolute atomic E-state index is 12.6. The van der Waals surface area contributed by atoms with E-state index in [1.807, 2.05) is 37.3 Å². The monoisotopic (exact) mass is 420 g/mol. The van der Waals surface area contributed by atoms with Crippen molar-refractivity contribution in [3.63, 3.8) is 0 Å². The summed E-state index contributed by atoms with van der Waals surface area (Å²) in [5.41, 5.74) is 10.2. The van der Waals surface area contributed by atoms with E-state index in [4.69, 9.17) is 15.2 Å². The van der Waals surface area contributed by atoms with Crippen molar-refractivity contribution in [2.75, 3.05) is 19.0 Å². The molecule has 3 aromatic rings. The molecule has 2 aromatic carbocycles. The van der Waals surface area contributed by atoms with Gasteiger partial charge in [0.2, 0.25) is 5.91 Å². The first-order valence-electron chi connectivity index (χ1n) is 9.91. The summed E-state index contributed by atoms with van der Waals surface area (Å²) in [4.78, 5) is 23.6. The molecule has 31 heavy (non-hydrogen) atoms. The molecule has 8 heteroatoms. The van der Waals surface area contributed by atoms with E-state index in [-0.39, 0.29) is 24.9 Å². The van der Waals surface area contributed by atoms with E-state index in [1.165, 1.54) is 12.7 Å². The van der Waals surface area contributed by atoms with Crippen LogP contribution in [0.3, 0.4) is 0 Å². The van der Waals surface area contributed by atoms with Gasteiger partial charge in [0.15, 0.2) is 18.1 Å². The first-order chi connectivity index (χ1) is 14.9. The molecular formula is C23H24N4O4. The zero-order valence-electron chi connectivity index (χ0n) is 17.6. The molecule has 0 saturated heterocycles. The molecular weight excluding hydrogens is 396 g/mol. The number of carbonyl (C=O) groups excluding carboxylic acids is 2. The lowest BCUT2D eigenvalue weighted by atomic mass is 9.87. The van der Waals surface area contributed by atoms with Crippen molar-refractivity contribution in [1.82, 2.24) is 9.78 Å². The summed E-state index contributed by atoms with van der Waals surface area (Å²) < 4.78 is 12.6. The SMILES string of the molecule is COc1cc(C2CC(=O)Nc3c2cnn3-c2ccc(C)c(C)c2)ccc1OCC(N)=O. The summed E-state index contributed by atoms with van der Waals surface area (Å²) in [6.07, 6.45) is 2.08. The van der Waals surface area contributed by atoms with Crippen LogP contribution in [0.25, 0.3) is 5.69 Å². The van der Waals surface area contributed by atoms with Gasteiger partial charge in [-0.05, 0) is 54.8 Å². The van der Waals surface area contributed by atoms with Crippen LogP contribution in [0.5, 0.6) is 11.5 Å². The van der Waals surface area contributed by atoms with Crippen LogP contribution in [-0.4, -0.2) is 35.3 Å². The van der Waals surface area contributed by atoms with E-state index in [2.05, 4.69) is 17.3 Å². The first-order valence-corrected chi connectivity index (χ1v) is 9.91. The summed E-state index contributed by atoms with van der Waals surface area (Å²) >= 11 is 0. The molecule has 0 spiro atoms. The van der Waals surface area contributed by atoms with Crippen molar-refractivity contribution in [1.29, 1.82) is 0 Å². The van der Waals surface area contributed by atoms with Gasteiger partial charge in [-0.3, -0.25) is 9.59 Å².